The highest BCUT2D eigenvalue weighted by Gasteiger charge is 2.43. The molecule has 1 aliphatic rings. The van der Waals surface area contributed by atoms with E-state index >= 15 is 0 Å². The highest BCUT2D eigenvalue weighted by atomic mass is 32.2. The molecule has 1 aromatic heterocycles. The number of aromatic nitrogens is 1. The second-order valence-corrected chi connectivity index (χ2v) is 11.4. The van der Waals surface area contributed by atoms with Crippen LogP contribution in [0.5, 0.6) is 0 Å². The molecule has 0 unspecified atom stereocenters. The number of aryl methyl sites for hydroxylation is 1. The molecule has 2 heterocycles. The molecule has 1 aliphatic heterocycles. The first-order valence-electron chi connectivity index (χ1n) is 12.3. The minimum absolute atomic E-state index is 0.0594. The summed E-state index contributed by atoms with van der Waals surface area (Å²) in [7, 11) is -1.55. The summed E-state index contributed by atoms with van der Waals surface area (Å²) in [5.74, 6) is 0. The Labute approximate surface area is 217 Å². The van der Waals surface area contributed by atoms with Crippen LogP contribution in [0.15, 0.2) is 77.7 Å². The highest BCUT2D eigenvalue weighted by Crippen LogP contribution is 2.40. The average molecular weight is 524 g/mol. The predicted molar refractivity (Wildman–Crippen MR) is 144 cm³/mol. The fourth-order valence-electron chi connectivity index (χ4n) is 4.82. The van der Waals surface area contributed by atoms with Crippen LogP contribution < -0.4 is 10.3 Å². The Morgan fingerprint density at radius 3 is 2.30 bits per heavy atom. The van der Waals surface area contributed by atoms with E-state index < -0.39 is 15.6 Å². The minimum atomic E-state index is -3.28. The van der Waals surface area contributed by atoms with Crippen LogP contribution in [0.4, 0.5) is 4.79 Å². The molecule has 0 spiro atoms. The van der Waals surface area contributed by atoms with Gasteiger partial charge in [-0.15, -0.1) is 0 Å². The van der Waals surface area contributed by atoms with Crippen LogP contribution in [0.3, 0.4) is 0 Å². The number of ether oxygens (including phenoxy) is 1. The van der Waals surface area contributed by atoms with Gasteiger partial charge in [0.25, 0.3) is 0 Å². The number of nitrogens with zero attached hydrogens (tertiary/aromatic N) is 2. The van der Waals surface area contributed by atoms with Crippen molar-refractivity contribution in [3.05, 3.63) is 94.4 Å². The summed E-state index contributed by atoms with van der Waals surface area (Å²) in [5, 5.41) is 0. The molecule has 4 rings (SSSR count). The SMILES string of the molecule is C[C@@H](c1ccc(-c2ccc(=O)n(C)c2)cc1)N1CC[C@@](CCCNS(C)(=O)=O)(c2ccccc2)OC1=O. The lowest BCUT2D eigenvalue weighted by atomic mass is 9.84. The molecule has 9 heteroatoms. The summed E-state index contributed by atoms with van der Waals surface area (Å²) in [6.07, 6.45) is 4.20. The lowest BCUT2D eigenvalue weighted by Crippen LogP contribution is -2.49. The molecule has 0 bridgehead atoms. The number of pyridine rings is 1. The molecule has 37 heavy (non-hydrogen) atoms. The number of hydrogen-bond donors (Lipinski definition) is 1. The van der Waals surface area contributed by atoms with E-state index in [2.05, 4.69) is 4.72 Å². The first-order valence-corrected chi connectivity index (χ1v) is 14.2. The Bertz CT molecular complexity index is 1400. The fraction of sp³-hybridized carbons (Fsp3) is 0.357. The van der Waals surface area contributed by atoms with Gasteiger partial charge in [-0.25, -0.2) is 17.9 Å². The summed E-state index contributed by atoms with van der Waals surface area (Å²) in [6, 6.07) is 20.8. The Kier molecular flexibility index (Phi) is 7.85. The van der Waals surface area contributed by atoms with Crippen LogP contribution >= 0.6 is 0 Å². The van der Waals surface area contributed by atoms with Gasteiger partial charge in [0.2, 0.25) is 15.6 Å². The van der Waals surface area contributed by atoms with E-state index in [1.807, 2.05) is 61.5 Å². The monoisotopic (exact) mass is 523 g/mol. The molecule has 8 nitrogen and oxygen atoms in total. The summed E-state index contributed by atoms with van der Waals surface area (Å²) < 4.78 is 33.1. The molecule has 3 aromatic rings. The van der Waals surface area contributed by atoms with Crippen molar-refractivity contribution in [3.63, 3.8) is 0 Å². The molecule has 0 radical (unpaired) electrons. The average Bonchev–Trinajstić information content (AvgIpc) is 2.88. The van der Waals surface area contributed by atoms with E-state index in [0.29, 0.717) is 25.8 Å². The molecular formula is C28H33N3O5S. The third kappa shape index (κ3) is 6.29. The van der Waals surface area contributed by atoms with Crippen molar-refractivity contribution in [1.29, 1.82) is 0 Å². The zero-order chi connectivity index (χ0) is 26.6. The van der Waals surface area contributed by atoms with Gasteiger partial charge in [-0.05, 0) is 48.1 Å². The van der Waals surface area contributed by atoms with Gasteiger partial charge in [-0.2, -0.15) is 0 Å². The van der Waals surface area contributed by atoms with Crippen molar-refractivity contribution in [2.75, 3.05) is 19.3 Å². The van der Waals surface area contributed by atoms with E-state index in [9.17, 15) is 18.0 Å². The molecule has 0 saturated carbocycles. The highest BCUT2D eigenvalue weighted by molar-refractivity contribution is 7.88. The van der Waals surface area contributed by atoms with Gasteiger partial charge < -0.3 is 14.2 Å². The molecule has 196 valence electrons. The summed E-state index contributed by atoms with van der Waals surface area (Å²) in [4.78, 5) is 26.7. The van der Waals surface area contributed by atoms with Gasteiger partial charge in [-0.1, -0.05) is 54.6 Å². The molecular weight excluding hydrogens is 490 g/mol. The second kappa shape index (κ2) is 10.9. The van der Waals surface area contributed by atoms with Gasteiger partial charge in [0.15, 0.2) is 0 Å². The molecule has 1 amide bonds. The van der Waals surface area contributed by atoms with Crippen molar-refractivity contribution in [2.24, 2.45) is 7.05 Å². The Morgan fingerprint density at radius 2 is 1.68 bits per heavy atom. The number of rotatable bonds is 9. The van der Waals surface area contributed by atoms with Crippen LogP contribution in [0.2, 0.25) is 0 Å². The number of cyclic esters (lactones) is 1. The van der Waals surface area contributed by atoms with Crippen LogP contribution in [0, 0.1) is 0 Å². The Hall–Kier alpha value is -3.43. The number of amides is 1. The molecule has 2 atom stereocenters. The minimum Gasteiger partial charge on any atom is -0.438 e. The smallest absolute Gasteiger partial charge is 0.411 e. The number of carbonyl (C=O) groups excluding carboxylic acids is 1. The normalized spacial score (nSPS) is 18.9. The maximum absolute atomic E-state index is 13.3. The Balaban J connectivity index is 1.48. The fourth-order valence-corrected chi connectivity index (χ4v) is 5.33. The number of carbonyl (C=O) groups is 1. The number of nitrogens with one attached hydrogen (secondary N) is 1. The van der Waals surface area contributed by atoms with E-state index in [4.69, 9.17) is 4.74 Å². The molecule has 1 saturated heterocycles. The van der Waals surface area contributed by atoms with Gasteiger partial charge in [0.1, 0.15) is 5.60 Å². The maximum atomic E-state index is 13.3. The number of benzene rings is 2. The first-order chi connectivity index (χ1) is 17.6. The quantitative estimate of drug-likeness (QED) is 0.425. The second-order valence-electron chi connectivity index (χ2n) is 9.61. The first kappa shape index (κ1) is 26.6. The third-order valence-corrected chi connectivity index (χ3v) is 7.70. The molecule has 2 aromatic carbocycles. The zero-order valence-electron chi connectivity index (χ0n) is 21.4. The van der Waals surface area contributed by atoms with Crippen molar-refractivity contribution < 1.29 is 17.9 Å². The van der Waals surface area contributed by atoms with Gasteiger partial charge in [-0.3, -0.25) is 4.79 Å². The molecule has 1 fully saturated rings. The van der Waals surface area contributed by atoms with E-state index in [-0.39, 0.29) is 24.2 Å². The van der Waals surface area contributed by atoms with E-state index in [1.165, 1.54) is 0 Å². The standard InChI is InChI=1S/C28H33N3O5S/c1-21(22-10-12-23(13-11-22)24-14-15-26(32)30(2)20-24)31-19-17-28(36-27(31)33,25-8-5-4-6-9-25)16-7-18-29-37(3,34)35/h4-6,8-15,20-21,29H,7,16-19H2,1-3H3/t21-,28-/m0/s1. The molecule has 0 aliphatic carbocycles. The lowest BCUT2D eigenvalue weighted by molar-refractivity contribution is -0.0662. The van der Waals surface area contributed by atoms with E-state index in [0.717, 1.165) is 28.5 Å². The molecule has 1 N–H and O–H groups in total. The van der Waals surface area contributed by atoms with E-state index in [1.54, 1.807) is 34.8 Å². The number of sulfonamides is 1. The van der Waals surface area contributed by atoms with Gasteiger partial charge in [0, 0.05) is 38.8 Å². The number of hydrogen-bond acceptors (Lipinski definition) is 5. The van der Waals surface area contributed by atoms with Crippen LogP contribution in [-0.4, -0.2) is 43.3 Å². The summed E-state index contributed by atoms with van der Waals surface area (Å²) in [5.41, 5.74) is 2.96. The van der Waals surface area contributed by atoms with Crippen molar-refractivity contribution in [2.45, 2.75) is 37.8 Å². The van der Waals surface area contributed by atoms with Crippen LogP contribution in [-0.2, 0) is 27.4 Å². The van der Waals surface area contributed by atoms with Crippen LogP contribution in [0.1, 0.15) is 43.4 Å². The summed E-state index contributed by atoms with van der Waals surface area (Å²) >= 11 is 0. The van der Waals surface area contributed by atoms with Crippen molar-refractivity contribution in [1.82, 2.24) is 14.2 Å². The van der Waals surface area contributed by atoms with Crippen LogP contribution in [0.25, 0.3) is 11.1 Å². The predicted octanol–water partition coefficient (Wildman–Crippen LogP) is 4.18. The van der Waals surface area contributed by atoms with Gasteiger partial charge in [0.05, 0.1) is 12.3 Å². The van der Waals surface area contributed by atoms with Crippen molar-refractivity contribution in [3.8, 4) is 11.1 Å². The largest absolute Gasteiger partial charge is 0.438 e. The lowest BCUT2D eigenvalue weighted by Gasteiger charge is -2.43. The maximum Gasteiger partial charge on any atom is 0.411 e. The topological polar surface area (TPSA) is 97.7 Å². The third-order valence-electron chi connectivity index (χ3n) is 6.98. The van der Waals surface area contributed by atoms with Gasteiger partial charge >= 0.3 is 6.09 Å². The van der Waals surface area contributed by atoms with Crippen molar-refractivity contribution >= 4 is 16.1 Å². The Morgan fingerprint density at radius 1 is 1.00 bits per heavy atom. The summed E-state index contributed by atoms with van der Waals surface area (Å²) in [6.45, 7) is 2.78. The zero-order valence-corrected chi connectivity index (χ0v) is 22.2.